The van der Waals surface area contributed by atoms with Crippen molar-refractivity contribution >= 4 is 22.9 Å². The van der Waals surface area contributed by atoms with Crippen LogP contribution >= 0.6 is 11.3 Å². The second kappa shape index (κ2) is 7.32. The van der Waals surface area contributed by atoms with Gasteiger partial charge in [-0.15, -0.1) is 11.3 Å². The van der Waals surface area contributed by atoms with Crippen LogP contribution in [0.4, 0.5) is 5.69 Å². The van der Waals surface area contributed by atoms with Gasteiger partial charge in [-0.3, -0.25) is 9.59 Å². The van der Waals surface area contributed by atoms with Gasteiger partial charge >= 0.3 is 0 Å². The van der Waals surface area contributed by atoms with Crippen molar-refractivity contribution in [1.82, 2.24) is 14.8 Å². The Morgan fingerprint density at radius 2 is 1.86 bits per heavy atom. The summed E-state index contributed by atoms with van der Waals surface area (Å²) in [5, 5.41) is 7.57. The number of anilines is 1. The summed E-state index contributed by atoms with van der Waals surface area (Å²) in [6.07, 6.45) is 0. The van der Waals surface area contributed by atoms with Gasteiger partial charge in [-0.05, 0) is 38.5 Å². The van der Waals surface area contributed by atoms with Gasteiger partial charge in [0.05, 0.1) is 17.0 Å². The zero-order chi connectivity index (χ0) is 20.7. The molecule has 0 spiro atoms. The number of aryl methyl sites for hydroxylation is 3. The maximum atomic E-state index is 12.8. The summed E-state index contributed by atoms with van der Waals surface area (Å²) in [5.41, 5.74) is 2.92. The fraction of sp³-hybridized carbons (Fsp3) is 0.300. The minimum Gasteiger partial charge on any atom is -0.486 e. The van der Waals surface area contributed by atoms with Crippen molar-refractivity contribution in [3.63, 3.8) is 0 Å². The molecule has 0 saturated carbocycles. The van der Waals surface area contributed by atoms with Gasteiger partial charge in [0.25, 0.3) is 11.5 Å². The number of rotatable bonds is 3. The number of carbonyl (C=O) groups excluding carboxylic acids is 1. The molecular formula is C20H20N4O4S. The highest BCUT2D eigenvalue weighted by atomic mass is 32.1. The average Bonchev–Trinajstić information content (AvgIpc) is 3.08. The van der Waals surface area contributed by atoms with E-state index in [2.05, 4.69) is 15.4 Å². The Balaban J connectivity index is 1.65. The van der Waals surface area contributed by atoms with Crippen molar-refractivity contribution in [3.05, 3.63) is 50.4 Å². The Kier molecular flexibility index (Phi) is 4.83. The van der Waals surface area contributed by atoms with E-state index in [4.69, 9.17) is 9.47 Å². The molecule has 0 fully saturated rings. The van der Waals surface area contributed by atoms with Crippen LogP contribution in [0.2, 0.25) is 0 Å². The van der Waals surface area contributed by atoms with Crippen LogP contribution in [0, 0.1) is 20.8 Å². The summed E-state index contributed by atoms with van der Waals surface area (Å²) in [5.74, 6) is 0.968. The van der Waals surface area contributed by atoms with Gasteiger partial charge in [0.15, 0.2) is 11.5 Å². The first-order chi connectivity index (χ1) is 13.8. The Morgan fingerprint density at radius 1 is 1.14 bits per heavy atom. The van der Waals surface area contributed by atoms with Crippen molar-refractivity contribution < 1.29 is 14.3 Å². The van der Waals surface area contributed by atoms with Gasteiger partial charge in [-0.1, -0.05) is 0 Å². The first-order valence-corrected chi connectivity index (χ1v) is 9.90. The Labute approximate surface area is 171 Å². The van der Waals surface area contributed by atoms with Crippen molar-refractivity contribution in [3.8, 4) is 22.1 Å². The van der Waals surface area contributed by atoms with E-state index in [9.17, 15) is 9.59 Å². The third-order valence-electron chi connectivity index (χ3n) is 4.74. The van der Waals surface area contributed by atoms with Crippen molar-refractivity contribution in [2.24, 2.45) is 7.05 Å². The van der Waals surface area contributed by atoms with Gasteiger partial charge < -0.3 is 14.8 Å². The highest BCUT2D eigenvalue weighted by Gasteiger charge is 2.21. The Hall–Kier alpha value is -3.20. The molecule has 1 aliphatic rings. The number of thiazole rings is 1. The van der Waals surface area contributed by atoms with Crippen LogP contribution in [0.1, 0.15) is 26.6 Å². The summed E-state index contributed by atoms with van der Waals surface area (Å²) >= 11 is 1.19. The number of benzene rings is 1. The van der Waals surface area contributed by atoms with E-state index in [1.165, 1.54) is 16.0 Å². The molecule has 1 aromatic carbocycles. The predicted molar refractivity (Wildman–Crippen MR) is 110 cm³/mol. The monoisotopic (exact) mass is 412 g/mol. The third kappa shape index (κ3) is 3.49. The fourth-order valence-electron chi connectivity index (χ4n) is 3.12. The lowest BCUT2D eigenvalue weighted by atomic mass is 10.1. The summed E-state index contributed by atoms with van der Waals surface area (Å²) in [7, 11) is 1.61. The lowest BCUT2D eigenvalue weighted by molar-refractivity contribution is 0.102. The molecule has 150 valence electrons. The first-order valence-electron chi connectivity index (χ1n) is 9.08. The van der Waals surface area contributed by atoms with Crippen LogP contribution in [-0.4, -0.2) is 33.9 Å². The molecule has 1 N–H and O–H groups in total. The molecular weight excluding hydrogens is 392 g/mol. The number of amides is 1. The molecule has 4 rings (SSSR count). The van der Waals surface area contributed by atoms with E-state index >= 15 is 0 Å². The second-order valence-electron chi connectivity index (χ2n) is 6.76. The summed E-state index contributed by atoms with van der Waals surface area (Å²) in [6, 6.07) is 5.26. The second-order valence-corrected chi connectivity index (χ2v) is 7.76. The standard InChI is InChI=1S/C20H20N4O4S/c1-10-11(2)23-24(4)20(26)16(10)19-21-12(3)17(29-19)18(25)22-13-5-6-14-15(9-13)28-8-7-27-14/h5-6,9H,7-8H2,1-4H3,(H,22,25). The topological polar surface area (TPSA) is 95.3 Å². The van der Waals surface area contributed by atoms with Crippen LogP contribution in [0.3, 0.4) is 0 Å². The van der Waals surface area contributed by atoms with Crippen LogP contribution < -0.4 is 20.3 Å². The van der Waals surface area contributed by atoms with Crippen LogP contribution in [0.25, 0.3) is 10.6 Å². The van der Waals surface area contributed by atoms with Gasteiger partial charge in [-0.2, -0.15) is 5.10 Å². The molecule has 0 atom stereocenters. The molecule has 0 aliphatic carbocycles. The molecule has 2 aromatic heterocycles. The molecule has 0 unspecified atom stereocenters. The van der Waals surface area contributed by atoms with E-state index in [-0.39, 0.29) is 11.5 Å². The van der Waals surface area contributed by atoms with Crippen molar-refractivity contribution in [1.29, 1.82) is 0 Å². The summed E-state index contributed by atoms with van der Waals surface area (Å²) in [6.45, 7) is 6.42. The minimum atomic E-state index is -0.289. The molecule has 0 radical (unpaired) electrons. The van der Waals surface area contributed by atoms with E-state index < -0.39 is 0 Å². The normalized spacial score (nSPS) is 12.7. The smallest absolute Gasteiger partial charge is 0.277 e. The lowest BCUT2D eigenvalue weighted by Gasteiger charge is -2.18. The molecule has 8 nitrogen and oxygen atoms in total. The SMILES string of the molecule is Cc1nc(-c2c(C)c(C)nn(C)c2=O)sc1C(=O)Nc1ccc2c(c1)OCCO2. The lowest BCUT2D eigenvalue weighted by Crippen LogP contribution is -2.23. The fourth-order valence-corrected chi connectivity index (χ4v) is 4.18. The highest BCUT2D eigenvalue weighted by Crippen LogP contribution is 2.33. The number of carbonyl (C=O) groups is 1. The number of fused-ring (bicyclic) bond motifs is 1. The zero-order valence-electron chi connectivity index (χ0n) is 16.5. The molecule has 9 heteroatoms. The van der Waals surface area contributed by atoms with Gasteiger partial charge in [0.2, 0.25) is 0 Å². The molecule has 29 heavy (non-hydrogen) atoms. The van der Waals surface area contributed by atoms with Crippen molar-refractivity contribution in [2.45, 2.75) is 20.8 Å². The quantitative estimate of drug-likeness (QED) is 0.711. The first kappa shape index (κ1) is 19.1. The largest absolute Gasteiger partial charge is 0.486 e. The summed E-state index contributed by atoms with van der Waals surface area (Å²) < 4.78 is 12.4. The molecule has 1 aliphatic heterocycles. The Bertz CT molecular complexity index is 1180. The van der Waals surface area contributed by atoms with Gasteiger partial charge in [-0.25, -0.2) is 9.67 Å². The van der Waals surface area contributed by atoms with Gasteiger partial charge in [0.1, 0.15) is 23.1 Å². The molecule has 3 aromatic rings. The van der Waals surface area contributed by atoms with Gasteiger partial charge in [0, 0.05) is 18.8 Å². The number of nitrogens with zero attached hydrogens (tertiary/aromatic N) is 3. The number of nitrogens with one attached hydrogen (secondary N) is 1. The number of aromatic nitrogens is 3. The van der Waals surface area contributed by atoms with Crippen LogP contribution in [0.15, 0.2) is 23.0 Å². The van der Waals surface area contributed by atoms with E-state index in [1.54, 1.807) is 32.2 Å². The third-order valence-corrected chi connectivity index (χ3v) is 5.92. The molecule has 1 amide bonds. The number of hydrogen-bond acceptors (Lipinski definition) is 7. The van der Waals surface area contributed by atoms with Crippen LogP contribution in [0.5, 0.6) is 11.5 Å². The van der Waals surface area contributed by atoms with E-state index in [0.717, 1.165) is 11.3 Å². The maximum absolute atomic E-state index is 12.8. The van der Waals surface area contributed by atoms with E-state index in [1.807, 2.05) is 13.8 Å². The van der Waals surface area contributed by atoms with E-state index in [0.29, 0.717) is 51.5 Å². The predicted octanol–water partition coefficient (Wildman–Crippen LogP) is 2.85. The Morgan fingerprint density at radius 3 is 2.62 bits per heavy atom. The molecule has 0 saturated heterocycles. The zero-order valence-corrected chi connectivity index (χ0v) is 17.3. The number of ether oxygens (including phenoxy) is 2. The highest BCUT2D eigenvalue weighted by molar-refractivity contribution is 7.17. The molecule has 3 heterocycles. The minimum absolute atomic E-state index is 0.236. The van der Waals surface area contributed by atoms with Crippen molar-refractivity contribution in [2.75, 3.05) is 18.5 Å². The average molecular weight is 412 g/mol. The number of hydrogen-bond donors (Lipinski definition) is 1. The molecule has 0 bridgehead atoms. The summed E-state index contributed by atoms with van der Waals surface area (Å²) in [4.78, 5) is 30.4. The van der Waals surface area contributed by atoms with Crippen LogP contribution in [-0.2, 0) is 7.05 Å². The maximum Gasteiger partial charge on any atom is 0.277 e.